The van der Waals surface area contributed by atoms with Crippen molar-refractivity contribution >= 4 is 35.0 Å². The predicted octanol–water partition coefficient (Wildman–Crippen LogP) is 0.538. The van der Waals surface area contributed by atoms with E-state index >= 15 is 0 Å². The van der Waals surface area contributed by atoms with Gasteiger partial charge in [-0.05, 0) is 18.2 Å². The fraction of sp³-hybridized carbons (Fsp3) is 0.308. The molecule has 2 rings (SSSR count). The van der Waals surface area contributed by atoms with Crippen LogP contribution in [0.2, 0.25) is 5.02 Å². The van der Waals surface area contributed by atoms with E-state index in [1.54, 1.807) is 12.1 Å². The Bertz CT molecular complexity index is 588. The minimum atomic E-state index is -0.492. The lowest BCUT2D eigenvalue weighted by molar-refractivity contribution is -0.123. The zero-order valence-corrected chi connectivity index (χ0v) is 11.6. The Morgan fingerprint density at radius 1 is 1.45 bits per heavy atom. The second-order valence-electron chi connectivity index (χ2n) is 4.55. The first-order valence-electron chi connectivity index (χ1n) is 6.05. The Balaban J connectivity index is 2.26. The van der Waals surface area contributed by atoms with Crippen LogP contribution in [0.15, 0.2) is 18.2 Å². The number of hydrogen-bond acceptors (Lipinski definition) is 3. The summed E-state index contributed by atoms with van der Waals surface area (Å²) in [6, 6.07) is 4.70. The van der Waals surface area contributed by atoms with E-state index in [0.29, 0.717) is 11.3 Å². The van der Waals surface area contributed by atoms with Gasteiger partial charge >= 0.3 is 0 Å². The molecule has 1 aliphatic rings. The summed E-state index contributed by atoms with van der Waals surface area (Å²) < 4.78 is 0. The van der Waals surface area contributed by atoms with Crippen LogP contribution in [0.5, 0.6) is 0 Å². The molecule has 0 aromatic heterocycles. The van der Waals surface area contributed by atoms with Crippen LogP contribution >= 0.6 is 11.6 Å². The van der Waals surface area contributed by atoms with E-state index in [1.165, 1.54) is 18.0 Å². The zero-order valence-electron chi connectivity index (χ0n) is 10.9. The SMILES string of the molecule is CNC(=O)c1ccc(N2CC(C(N)=O)CC2=O)cc1Cl. The van der Waals surface area contributed by atoms with E-state index < -0.39 is 11.8 Å². The highest BCUT2D eigenvalue weighted by molar-refractivity contribution is 6.34. The maximum absolute atomic E-state index is 11.9. The molecule has 0 radical (unpaired) electrons. The molecule has 1 fully saturated rings. The summed E-state index contributed by atoms with van der Waals surface area (Å²) in [6.45, 7) is 0.240. The largest absolute Gasteiger partial charge is 0.369 e. The molecule has 1 aliphatic heterocycles. The van der Waals surface area contributed by atoms with Crippen molar-refractivity contribution < 1.29 is 14.4 Å². The fourth-order valence-corrected chi connectivity index (χ4v) is 2.40. The predicted molar refractivity (Wildman–Crippen MR) is 74.5 cm³/mol. The van der Waals surface area contributed by atoms with E-state index in [-0.39, 0.29) is 29.8 Å². The molecule has 1 atom stereocenters. The third kappa shape index (κ3) is 2.60. The van der Waals surface area contributed by atoms with E-state index in [9.17, 15) is 14.4 Å². The molecule has 0 aliphatic carbocycles. The van der Waals surface area contributed by atoms with Crippen molar-refractivity contribution in [2.75, 3.05) is 18.5 Å². The number of primary amides is 1. The molecule has 20 heavy (non-hydrogen) atoms. The number of nitrogens with zero attached hydrogens (tertiary/aromatic N) is 1. The fourth-order valence-electron chi connectivity index (χ4n) is 2.14. The second kappa shape index (κ2) is 5.50. The molecule has 1 unspecified atom stereocenters. The van der Waals surface area contributed by atoms with E-state index in [2.05, 4.69) is 5.32 Å². The van der Waals surface area contributed by atoms with Gasteiger partial charge in [0.1, 0.15) is 0 Å². The van der Waals surface area contributed by atoms with Crippen LogP contribution in [-0.4, -0.2) is 31.3 Å². The number of nitrogens with two attached hydrogens (primary N) is 1. The van der Waals surface area contributed by atoms with Crippen molar-refractivity contribution in [3.8, 4) is 0 Å². The Morgan fingerprint density at radius 3 is 2.65 bits per heavy atom. The van der Waals surface area contributed by atoms with E-state index in [1.807, 2.05) is 0 Å². The Hall–Kier alpha value is -2.08. The monoisotopic (exact) mass is 295 g/mol. The molecule has 1 heterocycles. The Labute approximate surface area is 120 Å². The van der Waals surface area contributed by atoms with Crippen LogP contribution in [0.4, 0.5) is 5.69 Å². The maximum Gasteiger partial charge on any atom is 0.252 e. The number of carbonyl (C=O) groups excluding carboxylic acids is 3. The van der Waals surface area contributed by atoms with E-state index in [4.69, 9.17) is 17.3 Å². The molecule has 0 spiro atoms. The van der Waals surface area contributed by atoms with Gasteiger partial charge in [-0.1, -0.05) is 11.6 Å². The van der Waals surface area contributed by atoms with Crippen molar-refractivity contribution in [3.05, 3.63) is 28.8 Å². The molecular weight excluding hydrogens is 282 g/mol. The number of benzene rings is 1. The topological polar surface area (TPSA) is 92.5 Å². The van der Waals surface area contributed by atoms with Crippen molar-refractivity contribution in [1.82, 2.24) is 5.32 Å². The first-order valence-corrected chi connectivity index (χ1v) is 6.43. The number of nitrogens with one attached hydrogen (secondary N) is 1. The lowest BCUT2D eigenvalue weighted by Gasteiger charge is -2.17. The second-order valence-corrected chi connectivity index (χ2v) is 4.96. The summed E-state index contributed by atoms with van der Waals surface area (Å²) in [5.41, 5.74) is 6.10. The minimum absolute atomic E-state index is 0.101. The number of halogens is 1. The highest BCUT2D eigenvalue weighted by Crippen LogP contribution is 2.28. The molecule has 3 N–H and O–H groups in total. The summed E-state index contributed by atoms with van der Waals surface area (Å²) in [5, 5.41) is 2.72. The van der Waals surface area contributed by atoms with Crippen molar-refractivity contribution in [2.24, 2.45) is 11.7 Å². The van der Waals surface area contributed by atoms with Gasteiger partial charge in [-0.2, -0.15) is 0 Å². The van der Waals surface area contributed by atoms with Gasteiger partial charge in [-0.25, -0.2) is 0 Å². The summed E-state index contributed by atoms with van der Waals surface area (Å²) in [5.74, 6) is -1.46. The highest BCUT2D eigenvalue weighted by atomic mass is 35.5. The molecule has 0 bridgehead atoms. The van der Waals surface area contributed by atoms with Gasteiger partial charge in [-0.3, -0.25) is 14.4 Å². The molecule has 3 amide bonds. The zero-order chi connectivity index (χ0) is 14.9. The first-order chi connectivity index (χ1) is 9.43. The average Bonchev–Trinajstić information content (AvgIpc) is 2.80. The maximum atomic E-state index is 11.9. The van der Waals surface area contributed by atoms with Gasteiger partial charge in [0.25, 0.3) is 5.91 Å². The molecule has 0 saturated carbocycles. The van der Waals surface area contributed by atoms with Crippen LogP contribution in [0.25, 0.3) is 0 Å². The van der Waals surface area contributed by atoms with Crippen LogP contribution in [0, 0.1) is 5.92 Å². The quantitative estimate of drug-likeness (QED) is 0.852. The van der Waals surface area contributed by atoms with Gasteiger partial charge in [0.05, 0.1) is 16.5 Å². The van der Waals surface area contributed by atoms with Crippen LogP contribution in [0.3, 0.4) is 0 Å². The van der Waals surface area contributed by atoms with Crippen LogP contribution in [-0.2, 0) is 9.59 Å². The normalized spacial score (nSPS) is 18.2. The lowest BCUT2D eigenvalue weighted by Crippen LogP contribution is -2.28. The third-order valence-corrected chi connectivity index (χ3v) is 3.58. The summed E-state index contributed by atoms with van der Waals surface area (Å²) in [4.78, 5) is 36.0. The standard InChI is InChI=1S/C13H14ClN3O3/c1-16-13(20)9-3-2-8(5-10(9)14)17-6-7(12(15)19)4-11(17)18/h2-3,5,7H,4,6H2,1H3,(H2,15,19)(H,16,20). The number of hydrogen-bond donors (Lipinski definition) is 2. The molecule has 1 saturated heterocycles. The molecule has 1 aromatic carbocycles. The number of amides is 3. The van der Waals surface area contributed by atoms with Gasteiger partial charge in [0.2, 0.25) is 11.8 Å². The van der Waals surface area contributed by atoms with Gasteiger partial charge in [-0.15, -0.1) is 0 Å². The minimum Gasteiger partial charge on any atom is -0.369 e. The third-order valence-electron chi connectivity index (χ3n) is 3.26. The Morgan fingerprint density at radius 2 is 2.15 bits per heavy atom. The lowest BCUT2D eigenvalue weighted by atomic mass is 10.1. The number of carbonyl (C=O) groups is 3. The van der Waals surface area contributed by atoms with Gasteiger partial charge < -0.3 is 16.0 Å². The summed E-state index contributed by atoms with van der Waals surface area (Å²) in [6.07, 6.45) is 0.101. The highest BCUT2D eigenvalue weighted by Gasteiger charge is 2.34. The number of anilines is 1. The average molecular weight is 296 g/mol. The molecular formula is C13H14ClN3O3. The van der Waals surface area contributed by atoms with Crippen molar-refractivity contribution in [1.29, 1.82) is 0 Å². The number of rotatable bonds is 3. The van der Waals surface area contributed by atoms with Crippen LogP contribution in [0.1, 0.15) is 16.8 Å². The van der Waals surface area contributed by atoms with Crippen molar-refractivity contribution in [2.45, 2.75) is 6.42 Å². The Kier molecular flexibility index (Phi) is 3.94. The van der Waals surface area contributed by atoms with Gasteiger partial charge in [0, 0.05) is 25.7 Å². The van der Waals surface area contributed by atoms with Crippen LogP contribution < -0.4 is 16.0 Å². The molecule has 6 nitrogen and oxygen atoms in total. The van der Waals surface area contributed by atoms with E-state index in [0.717, 1.165) is 0 Å². The van der Waals surface area contributed by atoms with Gasteiger partial charge in [0.15, 0.2) is 0 Å². The van der Waals surface area contributed by atoms with Crippen molar-refractivity contribution in [3.63, 3.8) is 0 Å². The summed E-state index contributed by atoms with van der Waals surface area (Å²) >= 11 is 6.04. The molecule has 7 heteroatoms. The summed E-state index contributed by atoms with van der Waals surface area (Å²) in [7, 11) is 1.51. The molecule has 1 aromatic rings. The smallest absolute Gasteiger partial charge is 0.252 e. The first kappa shape index (κ1) is 14.3. The molecule has 106 valence electrons.